The summed E-state index contributed by atoms with van der Waals surface area (Å²) in [4.78, 5) is 38.7. The highest BCUT2D eigenvalue weighted by molar-refractivity contribution is 9.10. The van der Waals surface area contributed by atoms with Crippen LogP contribution in [0.3, 0.4) is 0 Å². The number of thioether (sulfide) groups is 1. The van der Waals surface area contributed by atoms with Crippen molar-refractivity contribution >= 4 is 68.1 Å². The lowest BCUT2D eigenvalue weighted by Gasteiger charge is -2.14. The molecular formula is C26H19BrClFN2O5S. The predicted octanol–water partition coefficient (Wildman–Crippen LogP) is 6.50. The number of ether oxygens (including phenoxy) is 2. The third-order valence-corrected chi connectivity index (χ3v) is 6.94. The van der Waals surface area contributed by atoms with Crippen LogP contribution in [0.2, 0.25) is 5.02 Å². The van der Waals surface area contributed by atoms with Crippen molar-refractivity contribution in [3.63, 3.8) is 0 Å². The molecule has 0 unspecified atom stereocenters. The lowest BCUT2D eigenvalue weighted by atomic mass is 10.1. The number of rotatable bonds is 8. The van der Waals surface area contributed by atoms with E-state index in [1.807, 2.05) is 30.3 Å². The Kier molecular flexibility index (Phi) is 8.52. The number of carbonyl (C=O) groups is 3. The molecule has 0 radical (unpaired) electrons. The summed E-state index contributed by atoms with van der Waals surface area (Å²) in [6, 6.07) is 16.7. The Balaban J connectivity index is 1.46. The summed E-state index contributed by atoms with van der Waals surface area (Å²) in [5.41, 5.74) is 1.82. The van der Waals surface area contributed by atoms with Crippen LogP contribution in [-0.4, -0.2) is 35.6 Å². The van der Waals surface area contributed by atoms with Crippen molar-refractivity contribution in [2.24, 2.45) is 0 Å². The summed E-state index contributed by atoms with van der Waals surface area (Å²) in [5, 5.41) is 1.75. The predicted molar refractivity (Wildman–Crippen MR) is 144 cm³/mol. The van der Waals surface area contributed by atoms with Gasteiger partial charge in [-0.05, 0) is 75.2 Å². The molecule has 7 nitrogen and oxygen atoms in total. The van der Waals surface area contributed by atoms with Crippen LogP contribution in [0.25, 0.3) is 6.08 Å². The molecule has 1 fully saturated rings. The fraction of sp³-hybridized carbons (Fsp3) is 0.115. The number of anilines is 1. The van der Waals surface area contributed by atoms with Gasteiger partial charge in [0.2, 0.25) is 5.91 Å². The van der Waals surface area contributed by atoms with Crippen molar-refractivity contribution in [3.8, 4) is 11.5 Å². The highest BCUT2D eigenvalue weighted by atomic mass is 79.9. The zero-order chi connectivity index (χ0) is 26.5. The number of methoxy groups -OCH3 is 1. The third-order valence-electron chi connectivity index (χ3n) is 5.15. The van der Waals surface area contributed by atoms with Crippen LogP contribution in [0.1, 0.15) is 11.1 Å². The topological polar surface area (TPSA) is 84.9 Å². The lowest BCUT2D eigenvalue weighted by Crippen LogP contribution is -2.36. The first-order chi connectivity index (χ1) is 17.7. The van der Waals surface area contributed by atoms with Gasteiger partial charge in [-0.3, -0.25) is 19.3 Å². The molecule has 3 amide bonds. The van der Waals surface area contributed by atoms with E-state index in [2.05, 4.69) is 21.2 Å². The van der Waals surface area contributed by atoms with Gasteiger partial charge in [-0.1, -0.05) is 41.9 Å². The van der Waals surface area contributed by atoms with Crippen LogP contribution >= 0.6 is 39.3 Å². The molecule has 37 heavy (non-hydrogen) atoms. The summed E-state index contributed by atoms with van der Waals surface area (Å²) < 4.78 is 25.3. The maximum atomic E-state index is 13.3. The normalized spacial score (nSPS) is 14.3. The Morgan fingerprint density at radius 2 is 1.92 bits per heavy atom. The van der Waals surface area contributed by atoms with E-state index in [0.717, 1.165) is 28.3 Å². The second kappa shape index (κ2) is 11.8. The fourth-order valence-electron chi connectivity index (χ4n) is 3.40. The molecule has 0 atom stereocenters. The number of hydrogen-bond donors (Lipinski definition) is 1. The monoisotopic (exact) mass is 604 g/mol. The van der Waals surface area contributed by atoms with Gasteiger partial charge in [0, 0.05) is 5.69 Å². The smallest absolute Gasteiger partial charge is 0.294 e. The third kappa shape index (κ3) is 6.51. The van der Waals surface area contributed by atoms with E-state index in [1.165, 1.54) is 25.3 Å². The van der Waals surface area contributed by atoms with Gasteiger partial charge >= 0.3 is 0 Å². The molecule has 190 valence electrons. The van der Waals surface area contributed by atoms with Crippen molar-refractivity contribution in [3.05, 3.63) is 92.0 Å². The quantitative estimate of drug-likeness (QED) is 0.295. The first kappa shape index (κ1) is 26.7. The van der Waals surface area contributed by atoms with E-state index in [-0.39, 0.29) is 15.6 Å². The number of benzene rings is 3. The van der Waals surface area contributed by atoms with E-state index >= 15 is 0 Å². The zero-order valence-electron chi connectivity index (χ0n) is 19.3. The molecule has 1 N–H and O–H groups in total. The standard InChI is InChI=1S/C26H19BrClFN2O5S/c1-35-21-10-16(9-18(27)24(21)36-14-15-5-3-2-4-6-15)11-22-25(33)31(26(34)37-22)13-23(32)30-17-7-8-20(29)19(28)12-17/h2-12H,13-14H2,1H3,(H,30,32)/b22-11+. The Labute approximate surface area is 229 Å². The van der Waals surface area contributed by atoms with Gasteiger partial charge in [0.15, 0.2) is 11.5 Å². The summed E-state index contributed by atoms with van der Waals surface area (Å²) >= 11 is 9.93. The molecule has 0 saturated carbocycles. The molecule has 1 aliphatic heterocycles. The van der Waals surface area contributed by atoms with Gasteiger partial charge in [0.1, 0.15) is 19.0 Å². The van der Waals surface area contributed by atoms with E-state index in [9.17, 15) is 18.8 Å². The molecular weight excluding hydrogens is 587 g/mol. The molecule has 1 heterocycles. The van der Waals surface area contributed by atoms with Crippen LogP contribution in [0.4, 0.5) is 14.9 Å². The number of carbonyl (C=O) groups excluding carboxylic acids is 3. The number of halogens is 3. The maximum Gasteiger partial charge on any atom is 0.294 e. The molecule has 3 aromatic rings. The zero-order valence-corrected chi connectivity index (χ0v) is 22.5. The van der Waals surface area contributed by atoms with Crippen LogP contribution in [0, 0.1) is 5.82 Å². The van der Waals surface area contributed by atoms with Crippen molar-refractivity contribution in [1.82, 2.24) is 4.90 Å². The van der Waals surface area contributed by atoms with Crippen LogP contribution < -0.4 is 14.8 Å². The highest BCUT2D eigenvalue weighted by Gasteiger charge is 2.36. The van der Waals surface area contributed by atoms with E-state index < -0.39 is 29.4 Å². The minimum Gasteiger partial charge on any atom is -0.493 e. The van der Waals surface area contributed by atoms with Crippen LogP contribution in [0.5, 0.6) is 11.5 Å². The number of amides is 3. The van der Waals surface area contributed by atoms with Crippen LogP contribution in [0.15, 0.2) is 70.0 Å². The Morgan fingerprint density at radius 3 is 2.62 bits per heavy atom. The largest absolute Gasteiger partial charge is 0.493 e. The summed E-state index contributed by atoms with van der Waals surface area (Å²) in [7, 11) is 1.50. The minimum atomic E-state index is -0.630. The van der Waals surface area contributed by atoms with Gasteiger partial charge in [-0.2, -0.15) is 0 Å². The summed E-state index contributed by atoms with van der Waals surface area (Å²) in [6.07, 6.45) is 1.54. The number of nitrogens with one attached hydrogen (secondary N) is 1. The van der Waals surface area contributed by atoms with Crippen LogP contribution in [-0.2, 0) is 16.2 Å². The Bertz CT molecular complexity index is 1400. The maximum absolute atomic E-state index is 13.3. The lowest BCUT2D eigenvalue weighted by molar-refractivity contribution is -0.127. The molecule has 1 aliphatic rings. The molecule has 0 aromatic heterocycles. The van der Waals surface area contributed by atoms with Gasteiger partial charge in [0.25, 0.3) is 11.1 Å². The van der Waals surface area contributed by atoms with Gasteiger partial charge < -0.3 is 14.8 Å². The molecule has 0 aliphatic carbocycles. The fourth-order valence-corrected chi connectivity index (χ4v) is 4.99. The molecule has 4 rings (SSSR count). The second-order valence-electron chi connectivity index (χ2n) is 7.75. The summed E-state index contributed by atoms with van der Waals surface area (Å²) in [5.74, 6) is -0.936. The highest BCUT2D eigenvalue weighted by Crippen LogP contribution is 2.39. The first-order valence-electron chi connectivity index (χ1n) is 10.8. The average molecular weight is 606 g/mol. The number of hydrogen-bond acceptors (Lipinski definition) is 6. The van der Waals surface area contributed by atoms with Crippen molar-refractivity contribution < 1.29 is 28.2 Å². The van der Waals surface area contributed by atoms with Gasteiger partial charge in [0.05, 0.1) is 21.5 Å². The molecule has 1 saturated heterocycles. The number of nitrogens with zero attached hydrogens (tertiary/aromatic N) is 1. The van der Waals surface area contributed by atoms with E-state index in [0.29, 0.717) is 28.1 Å². The minimum absolute atomic E-state index is 0.148. The van der Waals surface area contributed by atoms with Gasteiger partial charge in [-0.15, -0.1) is 0 Å². The van der Waals surface area contributed by atoms with E-state index in [4.69, 9.17) is 21.1 Å². The van der Waals surface area contributed by atoms with Crippen molar-refractivity contribution in [2.75, 3.05) is 19.0 Å². The first-order valence-corrected chi connectivity index (χ1v) is 12.8. The molecule has 3 aromatic carbocycles. The van der Waals surface area contributed by atoms with E-state index in [1.54, 1.807) is 12.1 Å². The SMILES string of the molecule is COc1cc(/C=C2/SC(=O)N(CC(=O)Nc3ccc(F)c(Cl)c3)C2=O)cc(Br)c1OCc1ccccc1. The van der Waals surface area contributed by atoms with Crippen molar-refractivity contribution in [1.29, 1.82) is 0 Å². The molecule has 0 spiro atoms. The van der Waals surface area contributed by atoms with Crippen molar-refractivity contribution in [2.45, 2.75) is 6.61 Å². The summed E-state index contributed by atoms with van der Waals surface area (Å²) in [6.45, 7) is -0.170. The Morgan fingerprint density at radius 1 is 1.16 bits per heavy atom. The second-order valence-corrected chi connectivity index (χ2v) is 10.0. The Hall–Kier alpha value is -3.34. The average Bonchev–Trinajstić information content (AvgIpc) is 3.13. The molecule has 0 bridgehead atoms. The number of imide groups is 1. The molecule has 11 heteroatoms. The van der Waals surface area contributed by atoms with Gasteiger partial charge in [-0.25, -0.2) is 4.39 Å².